The Hall–Kier alpha value is -1.65. The number of aromatic nitrogens is 3. The van der Waals surface area contributed by atoms with Gasteiger partial charge in [0, 0.05) is 34.6 Å². The van der Waals surface area contributed by atoms with Gasteiger partial charge in [0.25, 0.3) is 0 Å². The molecular formula is C17H16BrN3O4S2. The van der Waals surface area contributed by atoms with Crippen LogP contribution in [0.4, 0.5) is 0 Å². The molecule has 0 N–H and O–H groups in total. The van der Waals surface area contributed by atoms with Crippen LogP contribution in [0.25, 0.3) is 11.0 Å². The van der Waals surface area contributed by atoms with E-state index in [1.807, 2.05) is 23.7 Å². The lowest BCUT2D eigenvalue weighted by atomic mass is 10.1. The lowest BCUT2D eigenvalue weighted by Crippen LogP contribution is -2.09. The number of halogens is 1. The zero-order chi connectivity index (χ0) is 19.2. The maximum Gasteiger partial charge on any atom is 0.336 e. The maximum absolute atomic E-state index is 11.9. The zero-order valence-corrected chi connectivity index (χ0v) is 17.6. The van der Waals surface area contributed by atoms with Gasteiger partial charge >= 0.3 is 5.63 Å². The third kappa shape index (κ3) is 3.83. The highest BCUT2D eigenvalue weighted by Crippen LogP contribution is 2.31. The van der Waals surface area contributed by atoms with E-state index < -0.39 is 15.5 Å². The Morgan fingerprint density at radius 2 is 2.15 bits per heavy atom. The highest BCUT2D eigenvalue weighted by atomic mass is 79.9. The van der Waals surface area contributed by atoms with Crippen molar-refractivity contribution < 1.29 is 12.8 Å². The minimum absolute atomic E-state index is 0.108. The third-order valence-electron chi connectivity index (χ3n) is 4.62. The number of thioether (sulfide) groups is 1. The number of sulfone groups is 1. The molecule has 0 spiro atoms. The number of hydrogen-bond acceptors (Lipinski definition) is 7. The van der Waals surface area contributed by atoms with Gasteiger partial charge in [0.15, 0.2) is 15.0 Å². The Morgan fingerprint density at radius 1 is 1.33 bits per heavy atom. The van der Waals surface area contributed by atoms with Crippen LogP contribution in [0.2, 0.25) is 0 Å². The number of benzene rings is 1. The van der Waals surface area contributed by atoms with E-state index in [-0.39, 0.29) is 17.4 Å². The first-order chi connectivity index (χ1) is 12.8. The second kappa shape index (κ2) is 7.06. The molecule has 4 rings (SSSR count). The molecule has 3 aromatic rings. The average molecular weight is 470 g/mol. The predicted molar refractivity (Wildman–Crippen MR) is 107 cm³/mol. The summed E-state index contributed by atoms with van der Waals surface area (Å²) >= 11 is 4.83. The first-order valence-electron chi connectivity index (χ1n) is 8.27. The normalized spacial score (nSPS) is 19.0. The van der Waals surface area contributed by atoms with Crippen molar-refractivity contribution in [3.05, 3.63) is 50.5 Å². The fourth-order valence-electron chi connectivity index (χ4n) is 3.27. The molecule has 3 heterocycles. The summed E-state index contributed by atoms with van der Waals surface area (Å²) < 4.78 is 31.4. The van der Waals surface area contributed by atoms with Crippen molar-refractivity contribution in [1.82, 2.24) is 14.8 Å². The van der Waals surface area contributed by atoms with E-state index in [9.17, 15) is 13.2 Å². The summed E-state index contributed by atoms with van der Waals surface area (Å²) in [7, 11) is -1.13. The Labute approximate surface area is 168 Å². The number of rotatable bonds is 4. The highest BCUT2D eigenvalue weighted by Gasteiger charge is 2.32. The second-order valence-corrected chi connectivity index (χ2v) is 10.6. The molecule has 142 valence electrons. The van der Waals surface area contributed by atoms with Crippen molar-refractivity contribution in [2.24, 2.45) is 7.05 Å². The molecule has 7 nitrogen and oxygen atoms in total. The van der Waals surface area contributed by atoms with E-state index in [2.05, 4.69) is 26.1 Å². The van der Waals surface area contributed by atoms with Gasteiger partial charge in [-0.2, -0.15) is 0 Å². The van der Waals surface area contributed by atoms with Crippen molar-refractivity contribution in [3.8, 4) is 0 Å². The van der Waals surface area contributed by atoms with Gasteiger partial charge < -0.3 is 8.98 Å². The Kier molecular flexibility index (Phi) is 4.89. The summed E-state index contributed by atoms with van der Waals surface area (Å²) in [4.78, 5) is 11.9. The van der Waals surface area contributed by atoms with Crippen molar-refractivity contribution in [3.63, 3.8) is 0 Å². The van der Waals surface area contributed by atoms with Crippen LogP contribution in [0.3, 0.4) is 0 Å². The van der Waals surface area contributed by atoms with Gasteiger partial charge in [0.2, 0.25) is 0 Å². The summed E-state index contributed by atoms with van der Waals surface area (Å²) in [6.07, 6.45) is 0.582. The summed E-state index contributed by atoms with van der Waals surface area (Å²) in [6.45, 7) is 0. The van der Waals surface area contributed by atoms with Crippen molar-refractivity contribution >= 4 is 48.5 Å². The second-order valence-electron chi connectivity index (χ2n) is 6.52. The van der Waals surface area contributed by atoms with Crippen LogP contribution in [0.5, 0.6) is 0 Å². The molecule has 1 aliphatic heterocycles. The van der Waals surface area contributed by atoms with E-state index in [1.165, 1.54) is 17.8 Å². The van der Waals surface area contributed by atoms with Crippen LogP contribution >= 0.6 is 27.7 Å². The van der Waals surface area contributed by atoms with E-state index in [1.54, 1.807) is 6.07 Å². The molecule has 10 heteroatoms. The summed E-state index contributed by atoms with van der Waals surface area (Å²) in [5, 5.41) is 9.98. The number of fused-ring (bicyclic) bond motifs is 1. The Morgan fingerprint density at radius 3 is 2.89 bits per heavy atom. The number of nitrogens with zero attached hydrogens (tertiary/aromatic N) is 3. The quantitative estimate of drug-likeness (QED) is 0.428. The molecule has 1 unspecified atom stereocenters. The minimum Gasteiger partial charge on any atom is -0.423 e. The van der Waals surface area contributed by atoms with Crippen LogP contribution in [0.1, 0.15) is 23.7 Å². The molecule has 1 aliphatic rings. The lowest BCUT2D eigenvalue weighted by Gasteiger charge is -2.08. The third-order valence-corrected chi connectivity index (χ3v) is 7.95. The van der Waals surface area contributed by atoms with Gasteiger partial charge in [0.1, 0.15) is 11.4 Å². The first-order valence-corrected chi connectivity index (χ1v) is 11.9. The lowest BCUT2D eigenvalue weighted by molar-refractivity contribution is 0.559. The smallest absolute Gasteiger partial charge is 0.336 e. The van der Waals surface area contributed by atoms with E-state index in [0.29, 0.717) is 28.7 Å². The molecule has 0 bridgehead atoms. The van der Waals surface area contributed by atoms with E-state index in [0.717, 1.165) is 15.4 Å². The first kappa shape index (κ1) is 18.7. The van der Waals surface area contributed by atoms with Gasteiger partial charge in [-0.1, -0.05) is 27.7 Å². The molecule has 1 aromatic carbocycles. The molecule has 2 aromatic heterocycles. The Bertz CT molecular complexity index is 1190. The van der Waals surface area contributed by atoms with Crippen LogP contribution < -0.4 is 5.63 Å². The van der Waals surface area contributed by atoms with Crippen LogP contribution in [-0.4, -0.2) is 34.7 Å². The molecule has 0 saturated carbocycles. The molecule has 1 saturated heterocycles. The molecule has 27 heavy (non-hydrogen) atoms. The molecule has 0 aliphatic carbocycles. The Balaban J connectivity index is 1.58. The van der Waals surface area contributed by atoms with Crippen LogP contribution in [-0.2, 0) is 22.6 Å². The SMILES string of the molecule is Cn1c(SCc2cc(=O)oc3cc(Br)ccc23)nnc1C1CCS(=O)(=O)C1. The topological polar surface area (TPSA) is 95.1 Å². The van der Waals surface area contributed by atoms with Gasteiger partial charge in [-0.3, -0.25) is 0 Å². The monoisotopic (exact) mass is 469 g/mol. The molecule has 1 fully saturated rings. The fraction of sp³-hybridized carbons (Fsp3) is 0.353. The van der Waals surface area contributed by atoms with Crippen molar-refractivity contribution in [2.45, 2.75) is 23.2 Å². The van der Waals surface area contributed by atoms with Gasteiger partial charge in [-0.15, -0.1) is 10.2 Å². The van der Waals surface area contributed by atoms with E-state index >= 15 is 0 Å². The van der Waals surface area contributed by atoms with E-state index in [4.69, 9.17) is 4.42 Å². The number of hydrogen-bond donors (Lipinski definition) is 0. The fourth-order valence-corrected chi connectivity index (χ4v) is 6.26. The summed E-state index contributed by atoms with van der Waals surface area (Å²) in [5.74, 6) is 1.44. The zero-order valence-electron chi connectivity index (χ0n) is 14.4. The molecule has 1 atom stereocenters. The minimum atomic E-state index is -2.98. The molecule has 0 radical (unpaired) electrons. The largest absolute Gasteiger partial charge is 0.423 e. The summed E-state index contributed by atoms with van der Waals surface area (Å²) in [6, 6.07) is 7.07. The maximum atomic E-state index is 11.9. The standard InChI is InChI=1S/C17H16BrN3O4S2/c1-21-16(10-4-5-27(23,24)9-10)19-20-17(21)26-8-11-6-15(22)25-14-7-12(18)2-3-13(11)14/h2-3,6-7,10H,4-5,8-9H2,1H3. The van der Waals surface area contributed by atoms with Crippen LogP contribution in [0, 0.1) is 0 Å². The van der Waals surface area contributed by atoms with Crippen LogP contribution in [0.15, 0.2) is 43.1 Å². The molecular weight excluding hydrogens is 454 g/mol. The average Bonchev–Trinajstić information content (AvgIpc) is 3.14. The van der Waals surface area contributed by atoms with Crippen molar-refractivity contribution in [1.29, 1.82) is 0 Å². The highest BCUT2D eigenvalue weighted by molar-refractivity contribution is 9.10. The van der Waals surface area contributed by atoms with Crippen molar-refractivity contribution in [2.75, 3.05) is 11.5 Å². The van der Waals surface area contributed by atoms with Gasteiger partial charge in [0.05, 0.1) is 11.5 Å². The predicted octanol–water partition coefficient (Wildman–Crippen LogP) is 2.88. The summed E-state index contributed by atoms with van der Waals surface area (Å²) in [5.41, 5.74) is 0.986. The van der Waals surface area contributed by atoms with Gasteiger partial charge in [-0.25, -0.2) is 13.2 Å². The van der Waals surface area contributed by atoms with Gasteiger partial charge in [-0.05, 0) is 30.2 Å². The molecule has 0 amide bonds.